The van der Waals surface area contributed by atoms with Crippen molar-refractivity contribution < 1.29 is 14.3 Å². The van der Waals surface area contributed by atoms with E-state index in [0.29, 0.717) is 17.0 Å². The number of benzene rings is 1. The number of methoxy groups -OCH3 is 1. The molecule has 0 atom stereocenters. The minimum atomic E-state index is -0.210. The lowest BCUT2D eigenvalue weighted by atomic mass is 10.1. The Morgan fingerprint density at radius 3 is 2.75 bits per heavy atom. The predicted molar refractivity (Wildman–Crippen MR) is 75.8 cm³/mol. The van der Waals surface area contributed by atoms with E-state index in [1.54, 1.807) is 18.2 Å². The van der Waals surface area contributed by atoms with Gasteiger partial charge in [0.2, 0.25) is 5.91 Å². The highest BCUT2D eigenvalue weighted by atomic mass is 16.5. The molecule has 1 aromatic carbocycles. The Hall–Kier alpha value is -2.08. The molecular formula is C14H19N3O3. The third-order valence-corrected chi connectivity index (χ3v) is 3.03. The Labute approximate surface area is 117 Å². The molecule has 0 unspecified atom stereocenters. The molecular weight excluding hydrogens is 258 g/mol. The van der Waals surface area contributed by atoms with Crippen LogP contribution in [0.5, 0.6) is 5.75 Å². The van der Waals surface area contributed by atoms with Crippen LogP contribution >= 0.6 is 0 Å². The summed E-state index contributed by atoms with van der Waals surface area (Å²) in [6, 6.07) is 5.23. The van der Waals surface area contributed by atoms with E-state index in [1.807, 2.05) is 0 Å². The van der Waals surface area contributed by atoms with E-state index < -0.39 is 0 Å². The maximum absolute atomic E-state index is 12.2. The quantitative estimate of drug-likeness (QED) is 0.719. The lowest BCUT2D eigenvalue weighted by Gasteiger charge is -2.12. The fraction of sp³-hybridized carbons (Fsp3) is 0.429. The molecule has 0 bridgehead atoms. The SMILES string of the molecule is COc1ccc(NC(=O)CCN)c(C(=O)NC2CC2)c1. The van der Waals surface area contributed by atoms with Crippen molar-refractivity contribution >= 4 is 17.5 Å². The van der Waals surface area contributed by atoms with Gasteiger partial charge in [-0.15, -0.1) is 0 Å². The lowest BCUT2D eigenvalue weighted by Crippen LogP contribution is -2.27. The van der Waals surface area contributed by atoms with Crippen LogP contribution in [0.1, 0.15) is 29.6 Å². The lowest BCUT2D eigenvalue weighted by molar-refractivity contribution is -0.116. The van der Waals surface area contributed by atoms with Gasteiger partial charge in [0, 0.05) is 19.0 Å². The van der Waals surface area contributed by atoms with E-state index in [-0.39, 0.29) is 30.8 Å². The van der Waals surface area contributed by atoms with Gasteiger partial charge >= 0.3 is 0 Å². The largest absolute Gasteiger partial charge is 0.497 e. The zero-order valence-corrected chi connectivity index (χ0v) is 11.4. The van der Waals surface area contributed by atoms with Crippen molar-refractivity contribution in [2.24, 2.45) is 5.73 Å². The van der Waals surface area contributed by atoms with Crippen LogP contribution in [-0.4, -0.2) is 31.5 Å². The summed E-state index contributed by atoms with van der Waals surface area (Å²) in [4.78, 5) is 23.8. The first-order valence-electron chi connectivity index (χ1n) is 6.63. The molecule has 1 aliphatic rings. The molecule has 108 valence electrons. The van der Waals surface area contributed by atoms with Crippen LogP contribution in [0.3, 0.4) is 0 Å². The molecule has 1 fully saturated rings. The zero-order chi connectivity index (χ0) is 14.5. The molecule has 0 saturated heterocycles. The second kappa shape index (κ2) is 6.38. The van der Waals surface area contributed by atoms with Crippen LogP contribution in [0.25, 0.3) is 0 Å². The van der Waals surface area contributed by atoms with Gasteiger partial charge in [-0.05, 0) is 31.0 Å². The van der Waals surface area contributed by atoms with Crippen LogP contribution in [0.4, 0.5) is 5.69 Å². The Morgan fingerprint density at radius 1 is 1.40 bits per heavy atom. The zero-order valence-electron chi connectivity index (χ0n) is 11.4. The predicted octanol–water partition coefficient (Wildman–Crippen LogP) is 0.875. The highest BCUT2D eigenvalue weighted by molar-refractivity contribution is 6.04. The van der Waals surface area contributed by atoms with E-state index in [9.17, 15) is 9.59 Å². The number of ether oxygens (including phenoxy) is 1. The summed E-state index contributed by atoms with van der Waals surface area (Å²) >= 11 is 0. The van der Waals surface area contributed by atoms with Crippen molar-refractivity contribution in [2.45, 2.75) is 25.3 Å². The molecule has 1 aliphatic carbocycles. The minimum Gasteiger partial charge on any atom is -0.497 e. The molecule has 2 rings (SSSR count). The summed E-state index contributed by atoms with van der Waals surface area (Å²) in [5.74, 6) is 0.162. The number of nitrogens with one attached hydrogen (secondary N) is 2. The maximum Gasteiger partial charge on any atom is 0.253 e. The molecule has 0 aliphatic heterocycles. The van der Waals surface area contributed by atoms with Crippen molar-refractivity contribution in [3.8, 4) is 5.75 Å². The normalized spacial score (nSPS) is 13.7. The van der Waals surface area contributed by atoms with Gasteiger partial charge in [0.1, 0.15) is 5.75 Å². The molecule has 0 radical (unpaired) electrons. The highest BCUT2D eigenvalue weighted by Crippen LogP contribution is 2.25. The van der Waals surface area contributed by atoms with Gasteiger partial charge in [0.15, 0.2) is 0 Å². The maximum atomic E-state index is 12.2. The first-order valence-corrected chi connectivity index (χ1v) is 6.63. The fourth-order valence-electron chi connectivity index (χ4n) is 1.78. The minimum absolute atomic E-state index is 0.200. The number of rotatable bonds is 6. The number of anilines is 1. The van der Waals surface area contributed by atoms with E-state index in [2.05, 4.69) is 10.6 Å². The summed E-state index contributed by atoms with van der Waals surface area (Å²) in [6.45, 7) is 0.269. The summed E-state index contributed by atoms with van der Waals surface area (Å²) in [5.41, 5.74) is 6.22. The average Bonchev–Trinajstić information content (AvgIpc) is 3.23. The molecule has 6 nitrogen and oxygen atoms in total. The Kier molecular flexibility index (Phi) is 4.57. The molecule has 4 N–H and O–H groups in total. The molecule has 0 spiro atoms. The van der Waals surface area contributed by atoms with Crippen LogP contribution in [-0.2, 0) is 4.79 Å². The van der Waals surface area contributed by atoms with Crippen molar-refractivity contribution in [3.05, 3.63) is 23.8 Å². The van der Waals surface area contributed by atoms with Gasteiger partial charge in [0.05, 0.1) is 18.4 Å². The molecule has 2 amide bonds. The van der Waals surface area contributed by atoms with Crippen molar-refractivity contribution in [1.29, 1.82) is 0 Å². The Balaban J connectivity index is 2.19. The number of carbonyl (C=O) groups is 2. The molecule has 0 aromatic heterocycles. The summed E-state index contributed by atoms with van der Waals surface area (Å²) in [6.07, 6.45) is 2.23. The van der Waals surface area contributed by atoms with Crippen LogP contribution in [0.2, 0.25) is 0 Å². The second-order valence-electron chi connectivity index (χ2n) is 4.75. The van der Waals surface area contributed by atoms with E-state index in [4.69, 9.17) is 10.5 Å². The first kappa shape index (κ1) is 14.3. The summed E-state index contributed by atoms with van der Waals surface area (Å²) in [5, 5.41) is 5.60. The van der Waals surface area contributed by atoms with Gasteiger partial charge in [-0.1, -0.05) is 0 Å². The van der Waals surface area contributed by atoms with E-state index in [1.165, 1.54) is 7.11 Å². The molecule has 20 heavy (non-hydrogen) atoms. The first-order chi connectivity index (χ1) is 9.63. The number of carbonyl (C=O) groups excluding carboxylic acids is 2. The monoisotopic (exact) mass is 277 g/mol. The summed E-state index contributed by atoms with van der Waals surface area (Å²) in [7, 11) is 1.53. The standard InChI is InChI=1S/C14H19N3O3/c1-20-10-4-5-12(17-13(18)6-7-15)11(8-10)14(19)16-9-2-3-9/h4-5,8-9H,2-3,6-7,15H2,1H3,(H,16,19)(H,17,18). The summed E-state index contributed by atoms with van der Waals surface area (Å²) < 4.78 is 5.12. The van der Waals surface area contributed by atoms with Gasteiger partial charge < -0.3 is 21.1 Å². The molecule has 1 saturated carbocycles. The smallest absolute Gasteiger partial charge is 0.253 e. The third kappa shape index (κ3) is 3.71. The number of hydrogen-bond donors (Lipinski definition) is 3. The van der Waals surface area contributed by atoms with Crippen LogP contribution < -0.4 is 21.1 Å². The average molecular weight is 277 g/mol. The van der Waals surface area contributed by atoms with Crippen molar-refractivity contribution in [2.75, 3.05) is 19.0 Å². The fourth-order valence-corrected chi connectivity index (χ4v) is 1.78. The van der Waals surface area contributed by atoms with Crippen molar-refractivity contribution in [1.82, 2.24) is 5.32 Å². The highest BCUT2D eigenvalue weighted by Gasteiger charge is 2.25. The molecule has 6 heteroatoms. The second-order valence-corrected chi connectivity index (χ2v) is 4.75. The van der Waals surface area contributed by atoms with Crippen molar-refractivity contribution in [3.63, 3.8) is 0 Å². The van der Waals surface area contributed by atoms with Crippen LogP contribution in [0, 0.1) is 0 Å². The molecule has 1 aromatic rings. The topological polar surface area (TPSA) is 93.4 Å². The van der Waals surface area contributed by atoms with Gasteiger partial charge in [0.25, 0.3) is 5.91 Å². The Bertz CT molecular complexity index is 512. The van der Waals surface area contributed by atoms with E-state index in [0.717, 1.165) is 12.8 Å². The number of hydrogen-bond acceptors (Lipinski definition) is 4. The van der Waals surface area contributed by atoms with Crippen LogP contribution in [0.15, 0.2) is 18.2 Å². The Morgan fingerprint density at radius 2 is 2.15 bits per heavy atom. The third-order valence-electron chi connectivity index (χ3n) is 3.03. The van der Waals surface area contributed by atoms with Gasteiger partial charge in [-0.25, -0.2) is 0 Å². The number of nitrogens with two attached hydrogens (primary N) is 1. The number of amides is 2. The van der Waals surface area contributed by atoms with Gasteiger partial charge in [-0.2, -0.15) is 0 Å². The van der Waals surface area contributed by atoms with E-state index >= 15 is 0 Å². The molecule has 0 heterocycles. The van der Waals surface area contributed by atoms with Gasteiger partial charge in [-0.3, -0.25) is 9.59 Å².